The highest BCUT2D eigenvalue weighted by molar-refractivity contribution is 9.10. The molecule has 0 saturated heterocycles. The Bertz CT molecular complexity index is 919. The Morgan fingerprint density at radius 2 is 1.73 bits per heavy atom. The Labute approximate surface area is 161 Å². The fraction of sp³-hybridized carbons (Fsp3) is 0.278. The maximum absolute atomic E-state index is 12.5. The van der Waals surface area contributed by atoms with Gasteiger partial charge in [-0.1, -0.05) is 33.6 Å². The summed E-state index contributed by atoms with van der Waals surface area (Å²) in [6, 6.07) is 8.32. The number of aromatic hydroxyl groups is 1. The quantitative estimate of drug-likeness (QED) is 0.599. The van der Waals surface area contributed by atoms with Crippen LogP contribution in [0.5, 0.6) is 5.75 Å². The van der Waals surface area contributed by atoms with E-state index in [4.69, 9.17) is 0 Å². The van der Waals surface area contributed by atoms with Crippen molar-refractivity contribution in [3.05, 3.63) is 51.5 Å². The Kier molecular flexibility index (Phi) is 6.44. The first-order valence-corrected chi connectivity index (χ1v) is 10.2. The van der Waals surface area contributed by atoms with Crippen LogP contribution < -0.4 is 10.0 Å². The number of benzene rings is 2. The summed E-state index contributed by atoms with van der Waals surface area (Å²) in [5.74, 6) is -0.470. The summed E-state index contributed by atoms with van der Waals surface area (Å²) in [7, 11) is -3.71. The zero-order chi connectivity index (χ0) is 19.5. The molecule has 26 heavy (non-hydrogen) atoms. The number of carbonyl (C=O) groups is 1. The first-order valence-electron chi connectivity index (χ1n) is 7.96. The van der Waals surface area contributed by atoms with E-state index in [2.05, 4.69) is 26.0 Å². The van der Waals surface area contributed by atoms with Gasteiger partial charge < -0.3 is 10.4 Å². The van der Waals surface area contributed by atoms with E-state index in [1.807, 2.05) is 19.1 Å². The molecule has 0 unspecified atom stereocenters. The molecule has 0 saturated carbocycles. The molecule has 0 aliphatic heterocycles. The van der Waals surface area contributed by atoms with Gasteiger partial charge in [0.1, 0.15) is 5.75 Å². The lowest BCUT2D eigenvalue weighted by Gasteiger charge is -2.13. The van der Waals surface area contributed by atoms with Crippen LogP contribution in [0.3, 0.4) is 0 Å². The Balaban J connectivity index is 1.99. The van der Waals surface area contributed by atoms with Crippen molar-refractivity contribution in [2.75, 3.05) is 11.9 Å². The highest BCUT2D eigenvalue weighted by Gasteiger charge is 2.20. The molecule has 6 nitrogen and oxygen atoms in total. The number of hydrogen-bond donors (Lipinski definition) is 3. The number of phenolic OH excluding ortho intramolecular Hbond substituents is 1. The summed E-state index contributed by atoms with van der Waals surface area (Å²) in [5, 5.41) is 12.3. The Morgan fingerprint density at radius 3 is 2.31 bits per heavy atom. The molecule has 0 aromatic heterocycles. The highest BCUT2D eigenvalue weighted by atomic mass is 79.9. The zero-order valence-electron chi connectivity index (χ0n) is 14.8. The predicted octanol–water partition coefficient (Wildman–Crippen LogP) is 3.39. The van der Waals surface area contributed by atoms with E-state index in [0.717, 1.165) is 5.56 Å². The average molecular weight is 441 g/mol. The van der Waals surface area contributed by atoms with Crippen molar-refractivity contribution in [2.24, 2.45) is 0 Å². The van der Waals surface area contributed by atoms with Gasteiger partial charge in [0.15, 0.2) is 0 Å². The number of aryl methyl sites for hydroxylation is 3. The molecule has 0 atom stereocenters. The number of sulfonamides is 1. The number of rotatable bonds is 6. The third kappa shape index (κ3) is 5.06. The minimum absolute atomic E-state index is 0.0434. The minimum Gasteiger partial charge on any atom is -0.506 e. The van der Waals surface area contributed by atoms with E-state index >= 15 is 0 Å². The van der Waals surface area contributed by atoms with Gasteiger partial charge >= 0.3 is 0 Å². The largest absolute Gasteiger partial charge is 0.506 e. The van der Waals surface area contributed by atoms with E-state index in [0.29, 0.717) is 15.6 Å². The number of amides is 1. The summed E-state index contributed by atoms with van der Waals surface area (Å²) in [5.41, 5.74) is 2.59. The first kappa shape index (κ1) is 20.4. The molecule has 0 aliphatic carbocycles. The van der Waals surface area contributed by atoms with Crippen molar-refractivity contribution < 1.29 is 18.3 Å². The molecule has 3 N–H and O–H groups in total. The molecule has 0 fully saturated rings. The van der Waals surface area contributed by atoms with Crippen LogP contribution >= 0.6 is 15.9 Å². The number of carbonyl (C=O) groups excluding carboxylic acids is 1. The summed E-state index contributed by atoms with van der Waals surface area (Å²) in [6.07, 6.45) is -0.0569. The lowest BCUT2D eigenvalue weighted by molar-refractivity contribution is -0.116. The summed E-state index contributed by atoms with van der Waals surface area (Å²) >= 11 is 3.22. The summed E-state index contributed by atoms with van der Waals surface area (Å²) in [6.45, 7) is 5.36. The van der Waals surface area contributed by atoms with E-state index in [1.165, 1.54) is 6.07 Å². The number of halogens is 1. The van der Waals surface area contributed by atoms with Gasteiger partial charge in [0, 0.05) is 17.4 Å². The van der Waals surface area contributed by atoms with Gasteiger partial charge in [-0.15, -0.1) is 0 Å². The second-order valence-corrected chi connectivity index (χ2v) is 8.70. The van der Waals surface area contributed by atoms with Gasteiger partial charge in [0.25, 0.3) is 0 Å². The van der Waals surface area contributed by atoms with Gasteiger partial charge in [-0.05, 0) is 50.1 Å². The van der Waals surface area contributed by atoms with Crippen LogP contribution in [-0.4, -0.2) is 26.0 Å². The van der Waals surface area contributed by atoms with Crippen LogP contribution in [-0.2, 0) is 14.8 Å². The Hall–Kier alpha value is -1.90. The molecule has 0 spiro atoms. The minimum atomic E-state index is -3.71. The van der Waals surface area contributed by atoms with Gasteiger partial charge in [-0.2, -0.15) is 0 Å². The van der Waals surface area contributed by atoms with Crippen LogP contribution in [0.25, 0.3) is 0 Å². The normalized spacial score (nSPS) is 11.4. The molecule has 0 radical (unpaired) electrons. The SMILES string of the molecule is Cc1cc(C)c(S(=O)(=O)NCCC(=O)Nc2ccc(Br)cc2O)c(C)c1. The summed E-state index contributed by atoms with van der Waals surface area (Å²) in [4.78, 5) is 12.2. The van der Waals surface area contributed by atoms with Crippen molar-refractivity contribution >= 4 is 37.5 Å². The van der Waals surface area contributed by atoms with Gasteiger partial charge in [-0.3, -0.25) is 4.79 Å². The number of phenols is 1. The van der Waals surface area contributed by atoms with Crippen LogP contribution in [0.15, 0.2) is 39.7 Å². The lowest BCUT2D eigenvalue weighted by Crippen LogP contribution is -2.29. The van der Waals surface area contributed by atoms with Crippen molar-refractivity contribution in [3.8, 4) is 5.75 Å². The van der Waals surface area contributed by atoms with Gasteiger partial charge in [0.2, 0.25) is 15.9 Å². The van der Waals surface area contributed by atoms with Crippen LogP contribution in [0, 0.1) is 20.8 Å². The lowest BCUT2D eigenvalue weighted by atomic mass is 10.1. The van der Waals surface area contributed by atoms with Crippen LogP contribution in [0.2, 0.25) is 0 Å². The fourth-order valence-corrected chi connectivity index (χ4v) is 4.61. The standard InChI is InChI=1S/C18H21BrN2O4S/c1-11-8-12(2)18(13(3)9-11)26(24,25)20-7-6-17(23)21-15-5-4-14(19)10-16(15)22/h4-5,8-10,20,22H,6-7H2,1-3H3,(H,21,23). The molecule has 0 aliphatic rings. The second kappa shape index (κ2) is 8.20. The van der Waals surface area contributed by atoms with Crippen LogP contribution in [0.1, 0.15) is 23.1 Å². The molecule has 140 valence electrons. The van der Waals surface area contributed by atoms with E-state index in [9.17, 15) is 18.3 Å². The van der Waals surface area contributed by atoms with Crippen LogP contribution in [0.4, 0.5) is 5.69 Å². The number of hydrogen-bond acceptors (Lipinski definition) is 4. The molecule has 0 bridgehead atoms. The van der Waals surface area contributed by atoms with Crippen molar-refractivity contribution in [2.45, 2.75) is 32.1 Å². The second-order valence-electron chi connectivity index (χ2n) is 6.09. The third-order valence-electron chi connectivity index (χ3n) is 3.75. The van der Waals surface area contributed by atoms with Crippen molar-refractivity contribution in [1.82, 2.24) is 4.72 Å². The fourth-order valence-electron chi connectivity index (χ4n) is 2.78. The number of anilines is 1. The van der Waals surface area contributed by atoms with Gasteiger partial charge in [0.05, 0.1) is 10.6 Å². The monoisotopic (exact) mass is 440 g/mol. The van der Waals surface area contributed by atoms with E-state index in [-0.39, 0.29) is 29.3 Å². The molecule has 2 aromatic carbocycles. The predicted molar refractivity (Wildman–Crippen MR) is 105 cm³/mol. The summed E-state index contributed by atoms with van der Waals surface area (Å²) < 4.78 is 28.2. The highest BCUT2D eigenvalue weighted by Crippen LogP contribution is 2.27. The molecular weight excluding hydrogens is 420 g/mol. The third-order valence-corrected chi connectivity index (χ3v) is 6.01. The van der Waals surface area contributed by atoms with Crippen molar-refractivity contribution in [3.63, 3.8) is 0 Å². The maximum atomic E-state index is 12.5. The Morgan fingerprint density at radius 1 is 1.12 bits per heavy atom. The molecule has 8 heteroatoms. The number of nitrogens with one attached hydrogen (secondary N) is 2. The maximum Gasteiger partial charge on any atom is 0.241 e. The molecule has 2 rings (SSSR count). The zero-order valence-corrected chi connectivity index (χ0v) is 17.2. The molecular formula is C18H21BrN2O4S. The first-order chi connectivity index (χ1) is 12.1. The average Bonchev–Trinajstić information content (AvgIpc) is 2.48. The smallest absolute Gasteiger partial charge is 0.241 e. The molecule has 0 heterocycles. The van der Waals surface area contributed by atoms with Crippen molar-refractivity contribution in [1.29, 1.82) is 0 Å². The topological polar surface area (TPSA) is 95.5 Å². The molecule has 1 amide bonds. The van der Waals surface area contributed by atoms with E-state index < -0.39 is 15.9 Å². The van der Waals surface area contributed by atoms with E-state index in [1.54, 1.807) is 26.0 Å². The van der Waals surface area contributed by atoms with Gasteiger partial charge in [-0.25, -0.2) is 13.1 Å². The molecule has 2 aromatic rings.